The molecular weight excluding hydrogens is 372 g/mol. The largest absolute Gasteiger partial charge is 0.496 e. The second-order valence-electron chi connectivity index (χ2n) is 7.46. The number of benzene rings is 2. The molecule has 0 bridgehead atoms. The third kappa shape index (κ3) is 2.63. The first-order chi connectivity index (χ1) is 13.7. The van der Waals surface area contributed by atoms with Crippen LogP contribution in [0.1, 0.15) is 63.4 Å². The first-order valence-corrected chi connectivity index (χ1v) is 9.32. The molecule has 3 aromatic rings. The van der Waals surface area contributed by atoms with Crippen molar-refractivity contribution in [1.82, 2.24) is 0 Å². The maximum atomic E-state index is 13.4. The smallest absolute Gasteiger partial charge is 0.202 e. The number of aliphatic hydroxyl groups is 1. The molecule has 0 fully saturated rings. The molecule has 1 unspecified atom stereocenters. The minimum atomic E-state index is -1.39. The monoisotopic (exact) mass is 392 g/mol. The van der Waals surface area contributed by atoms with E-state index in [2.05, 4.69) is 0 Å². The van der Waals surface area contributed by atoms with Crippen LogP contribution in [-0.2, 0) is 5.60 Å². The van der Waals surface area contributed by atoms with Gasteiger partial charge in [-0.3, -0.25) is 14.4 Å². The third-order valence-electron chi connectivity index (χ3n) is 5.61. The Labute approximate surface area is 166 Å². The van der Waals surface area contributed by atoms with Gasteiger partial charge in [0.25, 0.3) is 0 Å². The Hall–Kier alpha value is -3.25. The lowest BCUT2D eigenvalue weighted by Crippen LogP contribution is -2.25. The molecule has 1 aliphatic rings. The minimum Gasteiger partial charge on any atom is -0.496 e. The zero-order valence-corrected chi connectivity index (χ0v) is 16.6. The Bertz CT molecular complexity index is 1260. The maximum absolute atomic E-state index is 13.4. The fourth-order valence-corrected chi connectivity index (χ4v) is 3.77. The number of fused-ring (bicyclic) bond motifs is 4. The first-order valence-electron chi connectivity index (χ1n) is 9.32. The summed E-state index contributed by atoms with van der Waals surface area (Å²) >= 11 is 0. The summed E-state index contributed by atoms with van der Waals surface area (Å²) in [4.78, 5) is 39.4. The van der Waals surface area contributed by atoms with E-state index in [1.807, 2.05) is 0 Å². The summed E-state index contributed by atoms with van der Waals surface area (Å²) in [6.07, 6.45) is 0.305. The molecule has 29 heavy (non-hydrogen) atoms. The van der Waals surface area contributed by atoms with Gasteiger partial charge in [-0.1, -0.05) is 19.1 Å². The van der Waals surface area contributed by atoms with Gasteiger partial charge in [-0.15, -0.1) is 0 Å². The number of hydrogen-bond donors (Lipinski definition) is 1. The quantitative estimate of drug-likeness (QED) is 0.573. The van der Waals surface area contributed by atoms with Crippen LogP contribution in [-0.4, -0.2) is 23.8 Å². The summed E-state index contributed by atoms with van der Waals surface area (Å²) in [6, 6.07) is 7.63. The van der Waals surface area contributed by atoms with Crippen LogP contribution >= 0.6 is 0 Å². The van der Waals surface area contributed by atoms with Crippen molar-refractivity contribution in [1.29, 1.82) is 0 Å². The average Bonchev–Trinajstić information content (AvgIpc) is 2.70. The predicted octanol–water partition coefficient (Wildman–Crippen LogP) is 3.50. The molecule has 148 valence electrons. The van der Waals surface area contributed by atoms with Crippen molar-refractivity contribution in [2.45, 2.75) is 32.8 Å². The first kappa shape index (κ1) is 19.1. The van der Waals surface area contributed by atoms with Crippen molar-refractivity contribution in [2.75, 3.05) is 7.11 Å². The Balaban J connectivity index is 2.15. The number of rotatable bonds is 3. The van der Waals surface area contributed by atoms with Crippen molar-refractivity contribution >= 4 is 22.5 Å². The summed E-state index contributed by atoms with van der Waals surface area (Å²) in [5.74, 6) is -0.460. The molecule has 1 aromatic heterocycles. The summed E-state index contributed by atoms with van der Waals surface area (Å²) in [5, 5.41) is 10.8. The van der Waals surface area contributed by atoms with E-state index in [0.717, 1.165) is 0 Å². The Kier molecular flexibility index (Phi) is 4.20. The van der Waals surface area contributed by atoms with E-state index in [9.17, 15) is 19.5 Å². The lowest BCUT2D eigenvalue weighted by atomic mass is 9.81. The highest BCUT2D eigenvalue weighted by molar-refractivity contribution is 6.32. The molecule has 4 rings (SSSR count). The van der Waals surface area contributed by atoms with Gasteiger partial charge in [0.15, 0.2) is 11.2 Å². The number of carbonyl (C=O) groups excluding carboxylic acids is 2. The van der Waals surface area contributed by atoms with Crippen LogP contribution < -0.4 is 10.2 Å². The van der Waals surface area contributed by atoms with Crippen molar-refractivity contribution in [2.24, 2.45) is 0 Å². The lowest BCUT2D eigenvalue weighted by molar-refractivity contribution is 0.0305. The summed E-state index contributed by atoms with van der Waals surface area (Å²) < 4.78 is 11.2. The maximum Gasteiger partial charge on any atom is 0.202 e. The van der Waals surface area contributed by atoms with Crippen molar-refractivity contribution in [3.63, 3.8) is 0 Å². The van der Waals surface area contributed by atoms with Crippen LogP contribution in [0.4, 0.5) is 0 Å². The number of ketones is 2. The second-order valence-corrected chi connectivity index (χ2v) is 7.46. The number of carbonyl (C=O) groups is 2. The average molecular weight is 392 g/mol. The Morgan fingerprint density at radius 1 is 1.07 bits per heavy atom. The van der Waals surface area contributed by atoms with E-state index in [4.69, 9.17) is 9.15 Å². The molecule has 1 atom stereocenters. The lowest BCUT2D eigenvalue weighted by Gasteiger charge is -2.23. The fraction of sp³-hybridized carbons (Fsp3) is 0.261. The van der Waals surface area contributed by atoms with Crippen LogP contribution in [0.2, 0.25) is 0 Å². The van der Waals surface area contributed by atoms with Gasteiger partial charge in [0.2, 0.25) is 5.78 Å². The number of aryl methyl sites for hydroxylation is 1. The van der Waals surface area contributed by atoms with Gasteiger partial charge in [-0.2, -0.15) is 0 Å². The summed E-state index contributed by atoms with van der Waals surface area (Å²) in [5.41, 5.74) is -0.611. The zero-order chi connectivity index (χ0) is 21.1. The number of methoxy groups -OCH3 is 1. The van der Waals surface area contributed by atoms with Gasteiger partial charge < -0.3 is 14.3 Å². The Morgan fingerprint density at radius 3 is 2.45 bits per heavy atom. The molecule has 1 N–H and O–H groups in total. The van der Waals surface area contributed by atoms with E-state index in [1.54, 1.807) is 38.1 Å². The van der Waals surface area contributed by atoms with Gasteiger partial charge in [-0.25, -0.2) is 0 Å². The van der Waals surface area contributed by atoms with Crippen LogP contribution in [0.15, 0.2) is 39.5 Å². The molecule has 1 heterocycles. The van der Waals surface area contributed by atoms with Crippen molar-refractivity contribution in [3.05, 3.63) is 74.1 Å². The molecule has 0 saturated heterocycles. The van der Waals surface area contributed by atoms with Crippen molar-refractivity contribution < 1.29 is 23.8 Å². The molecule has 6 heteroatoms. The standard InChI is InChI=1S/C23H20O6/c1-5-23(3,27)16-10-14(24)17-11(2)9-13-19(22(17)29-16)21(26)18-12(20(13)25)7-6-8-15(18)28-4/h6-10,27H,5H2,1-4H3. The molecule has 1 aliphatic carbocycles. The molecule has 2 aromatic carbocycles. The van der Waals surface area contributed by atoms with Gasteiger partial charge in [0.05, 0.1) is 23.6 Å². The van der Waals surface area contributed by atoms with E-state index < -0.39 is 11.4 Å². The van der Waals surface area contributed by atoms with Crippen LogP contribution in [0.25, 0.3) is 11.0 Å². The highest BCUT2D eigenvalue weighted by Gasteiger charge is 2.36. The highest BCUT2D eigenvalue weighted by atomic mass is 16.5. The second kappa shape index (κ2) is 6.39. The van der Waals surface area contributed by atoms with Crippen LogP contribution in [0.3, 0.4) is 0 Å². The molecule has 0 radical (unpaired) electrons. The number of hydrogen-bond acceptors (Lipinski definition) is 6. The summed E-state index contributed by atoms with van der Waals surface area (Å²) in [6.45, 7) is 4.98. The van der Waals surface area contributed by atoms with Crippen LogP contribution in [0.5, 0.6) is 5.75 Å². The topological polar surface area (TPSA) is 93.8 Å². The predicted molar refractivity (Wildman–Crippen MR) is 107 cm³/mol. The summed E-state index contributed by atoms with van der Waals surface area (Å²) in [7, 11) is 1.42. The molecule has 0 saturated carbocycles. The van der Waals surface area contributed by atoms with Crippen LogP contribution in [0, 0.1) is 6.92 Å². The molecule has 0 aliphatic heterocycles. The molecule has 0 spiro atoms. The normalized spacial score (nSPS) is 15.1. The van der Waals surface area contributed by atoms with E-state index in [0.29, 0.717) is 12.0 Å². The fourth-order valence-electron chi connectivity index (χ4n) is 3.77. The number of ether oxygens (including phenoxy) is 1. The Morgan fingerprint density at radius 2 is 1.79 bits per heavy atom. The molecule has 6 nitrogen and oxygen atoms in total. The van der Waals surface area contributed by atoms with Gasteiger partial charge >= 0.3 is 0 Å². The van der Waals surface area contributed by atoms with Crippen molar-refractivity contribution in [3.8, 4) is 5.75 Å². The van der Waals surface area contributed by atoms with Gasteiger partial charge in [0, 0.05) is 17.2 Å². The van der Waals surface area contributed by atoms with E-state index in [1.165, 1.54) is 20.1 Å². The van der Waals surface area contributed by atoms with E-state index in [-0.39, 0.29) is 55.9 Å². The van der Waals surface area contributed by atoms with E-state index >= 15 is 0 Å². The van der Waals surface area contributed by atoms with Gasteiger partial charge in [-0.05, 0) is 38.0 Å². The third-order valence-corrected chi connectivity index (χ3v) is 5.61. The van der Waals surface area contributed by atoms with Gasteiger partial charge in [0.1, 0.15) is 22.7 Å². The SMILES string of the molecule is CCC(C)(O)c1cc(=O)c2c(C)cc3c(c2o1)C(=O)c1c(OC)cccc1C3=O. The zero-order valence-electron chi connectivity index (χ0n) is 16.6. The molecule has 0 amide bonds. The highest BCUT2D eigenvalue weighted by Crippen LogP contribution is 2.38. The minimum absolute atomic E-state index is 0.0196. The molecular formula is C23H20O6.